The Kier molecular flexibility index (Phi) is 4.56. The standard InChI is InChI=1S/C16H10F6N4O3/c17-15(18,19)5-24-8-2-1-6(16(20,21)22)3-9(8)26-10(27)4-7-11(12(26)23)14(29)25-13(7)28/h1-4,24H,5,23H2,(H,25,28,29). The van der Waals surface area contributed by atoms with Gasteiger partial charge in [0.1, 0.15) is 12.4 Å². The lowest BCUT2D eigenvalue weighted by Crippen LogP contribution is -2.27. The lowest BCUT2D eigenvalue weighted by atomic mass is 10.1. The van der Waals surface area contributed by atoms with Gasteiger partial charge in [-0.15, -0.1) is 0 Å². The largest absolute Gasteiger partial charge is 0.416 e. The summed E-state index contributed by atoms with van der Waals surface area (Å²) in [5, 5.41) is 3.77. The number of nitrogens with two attached hydrogens (primary N) is 1. The van der Waals surface area contributed by atoms with Gasteiger partial charge in [-0.3, -0.25) is 24.3 Å². The molecular formula is C16H10F6N4O3. The van der Waals surface area contributed by atoms with Gasteiger partial charge in [0.25, 0.3) is 17.4 Å². The molecule has 0 atom stereocenters. The van der Waals surface area contributed by atoms with Gasteiger partial charge in [-0.05, 0) is 18.2 Å². The number of carbonyl (C=O) groups is 2. The molecule has 3 rings (SSSR count). The predicted molar refractivity (Wildman–Crippen MR) is 87.8 cm³/mol. The van der Waals surface area contributed by atoms with Crippen molar-refractivity contribution in [2.24, 2.45) is 0 Å². The molecule has 154 valence electrons. The van der Waals surface area contributed by atoms with E-state index in [2.05, 4.69) is 0 Å². The van der Waals surface area contributed by atoms with Crippen LogP contribution in [0.25, 0.3) is 5.69 Å². The molecule has 2 heterocycles. The number of carbonyl (C=O) groups excluding carboxylic acids is 2. The summed E-state index contributed by atoms with van der Waals surface area (Å²) in [6.07, 6.45) is -9.58. The zero-order chi connectivity index (χ0) is 21.7. The molecule has 0 radical (unpaired) electrons. The molecule has 7 nitrogen and oxygen atoms in total. The molecule has 0 spiro atoms. The highest BCUT2D eigenvalue weighted by molar-refractivity contribution is 6.23. The van der Waals surface area contributed by atoms with E-state index in [-0.39, 0.29) is 5.56 Å². The van der Waals surface area contributed by atoms with Crippen LogP contribution in [0.2, 0.25) is 0 Å². The summed E-state index contributed by atoms with van der Waals surface area (Å²) in [5.41, 5.74) is 1.37. The fraction of sp³-hybridized carbons (Fsp3) is 0.188. The van der Waals surface area contributed by atoms with Crippen LogP contribution in [0.3, 0.4) is 0 Å². The molecule has 0 saturated carbocycles. The maximum atomic E-state index is 13.1. The van der Waals surface area contributed by atoms with Crippen LogP contribution < -0.4 is 21.9 Å². The average Bonchev–Trinajstić information content (AvgIpc) is 2.86. The SMILES string of the molecule is Nc1c2c(cc(=O)n1-c1cc(C(F)(F)F)ccc1NCC(F)(F)F)C(=O)NC2=O. The third kappa shape index (κ3) is 3.75. The summed E-state index contributed by atoms with van der Waals surface area (Å²) in [5.74, 6) is -2.61. The van der Waals surface area contributed by atoms with Crippen LogP contribution in [-0.4, -0.2) is 29.1 Å². The van der Waals surface area contributed by atoms with Crippen LogP contribution in [0.1, 0.15) is 26.3 Å². The second-order valence-corrected chi connectivity index (χ2v) is 5.97. The van der Waals surface area contributed by atoms with E-state index in [1.807, 2.05) is 10.6 Å². The number of rotatable bonds is 3. The molecule has 13 heteroatoms. The highest BCUT2D eigenvalue weighted by atomic mass is 19.4. The number of halogens is 6. The van der Waals surface area contributed by atoms with E-state index in [4.69, 9.17) is 5.73 Å². The fourth-order valence-corrected chi connectivity index (χ4v) is 2.77. The first-order chi connectivity index (χ1) is 13.3. The third-order valence-corrected chi connectivity index (χ3v) is 4.00. The number of nitrogen functional groups attached to an aromatic ring is 1. The van der Waals surface area contributed by atoms with E-state index < -0.39 is 64.6 Å². The maximum Gasteiger partial charge on any atom is 0.416 e. The van der Waals surface area contributed by atoms with Crippen LogP contribution in [0.4, 0.5) is 37.8 Å². The maximum absolute atomic E-state index is 13.1. The van der Waals surface area contributed by atoms with Gasteiger partial charge in [0.15, 0.2) is 0 Å². The molecule has 0 fully saturated rings. The third-order valence-electron chi connectivity index (χ3n) is 4.00. The number of hydrogen-bond donors (Lipinski definition) is 3. The number of nitrogens with one attached hydrogen (secondary N) is 2. The second kappa shape index (κ2) is 6.53. The summed E-state index contributed by atoms with van der Waals surface area (Å²) in [6.45, 7) is -1.61. The summed E-state index contributed by atoms with van der Waals surface area (Å²) in [4.78, 5) is 36.0. The normalized spacial score (nSPS) is 14.0. The van der Waals surface area contributed by atoms with Crippen LogP contribution in [-0.2, 0) is 6.18 Å². The highest BCUT2D eigenvalue weighted by Gasteiger charge is 2.35. The Morgan fingerprint density at radius 1 is 1.00 bits per heavy atom. The smallest absolute Gasteiger partial charge is 0.384 e. The minimum Gasteiger partial charge on any atom is -0.384 e. The van der Waals surface area contributed by atoms with Crippen molar-refractivity contribution in [3.8, 4) is 5.69 Å². The van der Waals surface area contributed by atoms with E-state index in [1.165, 1.54) is 0 Å². The number of anilines is 2. The van der Waals surface area contributed by atoms with Gasteiger partial charge in [0.05, 0.1) is 28.1 Å². The molecule has 0 unspecified atom stereocenters. The van der Waals surface area contributed by atoms with E-state index in [9.17, 15) is 40.7 Å². The zero-order valence-corrected chi connectivity index (χ0v) is 14.0. The fourth-order valence-electron chi connectivity index (χ4n) is 2.77. The van der Waals surface area contributed by atoms with Gasteiger partial charge in [-0.2, -0.15) is 26.3 Å². The van der Waals surface area contributed by atoms with Crippen molar-refractivity contribution in [3.63, 3.8) is 0 Å². The van der Waals surface area contributed by atoms with Crippen LogP contribution >= 0.6 is 0 Å². The van der Waals surface area contributed by atoms with E-state index in [0.29, 0.717) is 28.8 Å². The zero-order valence-electron chi connectivity index (χ0n) is 14.0. The number of alkyl halides is 6. The van der Waals surface area contributed by atoms with E-state index in [1.54, 1.807) is 0 Å². The summed E-state index contributed by atoms with van der Waals surface area (Å²) in [7, 11) is 0. The summed E-state index contributed by atoms with van der Waals surface area (Å²) < 4.78 is 77.4. The van der Waals surface area contributed by atoms with Crippen molar-refractivity contribution in [3.05, 3.63) is 51.3 Å². The molecule has 1 aliphatic rings. The Hall–Kier alpha value is -3.51. The van der Waals surface area contributed by atoms with Gasteiger partial charge < -0.3 is 11.1 Å². The lowest BCUT2D eigenvalue weighted by Gasteiger charge is -2.19. The number of nitrogens with zero attached hydrogens (tertiary/aromatic N) is 1. The van der Waals surface area contributed by atoms with Gasteiger partial charge in [0, 0.05) is 6.07 Å². The Balaban J connectivity index is 2.26. The minimum absolute atomic E-state index is 0.384. The van der Waals surface area contributed by atoms with Gasteiger partial charge in [0.2, 0.25) is 0 Å². The molecule has 4 N–H and O–H groups in total. The van der Waals surface area contributed by atoms with Gasteiger partial charge >= 0.3 is 12.4 Å². The van der Waals surface area contributed by atoms with Crippen LogP contribution in [0.15, 0.2) is 29.1 Å². The van der Waals surface area contributed by atoms with E-state index >= 15 is 0 Å². The minimum atomic E-state index is -4.88. The molecular weight excluding hydrogens is 410 g/mol. The van der Waals surface area contributed by atoms with Gasteiger partial charge in [-0.25, -0.2) is 0 Å². The van der Waals surface area contributed by atoms with Crippen LogP contribution in [0, 0.1) is 0 Å². The monoisotopic (exact) mass is 420 g/mol. The lowest BCUT2D eigenvalue weighted by molar-refractivity contribution is -0.137. The predicted octanol–water partition coefficient (Wildman–Crippen LogP) is 2.30. The quantitative estimate of drug-likeness (QED) is 0.522. The molecule has 2 aromatic rings. The average molecular weight is 420 g/mol. The Morgan fingerprint density at radius 2 is 1.66 bits per heavy atom. The summed E-state index contributed by atoms with van der Waals surface area (Å²) >= 11 is 0. The second-order valence-electron chi connectivity index (χ2n) is 5.97. The molecule has 29 heavy (non-hydrogen) atoms. The Morgan fingerprint density at radius 3 is 2.24 bits per heavy atom. The molecule has 2 amide bonds. The number of amides is 2. The molecule has 0 saturated heterocycles. The number of pyridine rings is 1. The topological polar surface area (TPSA) is 106 Å². The van der Waals surface area contributed by atoms with Crippen molar-refractivity contribution in [2.75, 3.05) is 17.6 Å². The first kappa shape index (κ1) is 20.2. The van der Waals surface area contributed by atoms with Crippen LogP contribution in [0.5, 0.6) is 0 Å². The summed E-state index contributed by atoms with van der Waals surface area (Å²) in [6, 6.07) is 2.30. The van der Waals surface area contributed by atoms with Crippen molar-refractivity contribution >= 4 is 23.3 Å². The molecule has 1 aromatic carbocycles. The highest BCUT2D eigenvalue weighted by Crippen LogP contribution is 2.35. The molecule has 1 aliphatic heterocycles. The Bertz CT molecular complexity index is 1090. The van der Waals surface area contributed by atoms with Crippen molar-refractivity contribution in [1.29, 1.82) is 0 Å². The molecule has 1 aromatic heterocycles. The van der Waals surface area contributed by atoms with Crippen molar-refractivity contribution < 1.29 is 35.9 Å². The first-order valence-electron chi connectivity index (χ1n) is 7.73. The number of hydrogen-bond acceptors (Lipinski definition) is 5. The number of imide groups is 1. The Labute approximate surface area is 157 Å². The molecule has 0 aliphatic carbocycles. The van der Waals surface area contributed by atoms with Crippen molar-refractivity contribution in [1.82, 2.24) is 9.88 Å². The van der Waals surface area contributed by atoms with Gasteiger partial charge in [-0.1, -0.05) is 0 Å². The number of fused-ring (bicyclic) bond motifs is 1. The number of aromatic nitrogens is 1. The first-order valence-corrected chi connectivity index (χ1v) is 7.73. The van der Waals surface area contributed by atoms with E-state index in [0.717, 1.165) is 0 Å². The number of benzene rings is 1. The molecule has 0 bridgehead atoms. The van der Waals surface area contributed by atoms with Crippen molar-refractivity contribution in [2.45, 2.75) is 12.4 Å².